The quantitative estimate of drug-likeness (QED) is 0.495. The Kier molecular flexibility index (Phi) is 5.47. The number of nitrogens with zero attached hydrogens (tertiary/aromatic N) is 4. The number of halogens is 2. The first-order chi connectivity index (χ1) is 16.0. The van der Waals surface area contributed by atoms with Gasteiger partial charge in [-0.1, -0.05) is 6.07 Å². The van der Waals surface area contributed by atoms with Gasteiger partial charge in [-0.25, -0.2) is 18.7 Å². The second kappa shape index (κ2) is 8.59. The zero-order chi connectivity index (χ0) is 22.9. The zero-order valence-corrected chi connectivity index (χ0v) is 18.0. The van der Waals surface area contributed by atoms with Crippen LogP contribution in [0.15, 0.2) is 59.7 Å². The lowest BCUT2D eigenvalue weighted by molar-refractivity contribution is 0.313. The van der Waals surface area contributed by atoms with Gasteiger partial charge < -0.3 is 20.1 Å². The van der Waals surface area contributed by atoms with Crippen molar-refractivity contribution in [1.82, 2.24) is 19.9 Å². The zero-order valence-electron chi connectivity index (χ0n) is 18.0. The van der Waals surface area contributed by atoms with Gasteiger partial charge in [-0.2, -0.15) is 0 Å². The first kappa shape index (κ1) is 21.0. The van der Waals surface area contributed by atoms with Crippen LogP contribution in [0.25, 0.3) is 22.0 Å². The van der Waals surface area contributed by atoms with Gasteiger partial charge in [0, 0.05) is 32.4 Å². The van der Waals surface area contributed by atoms with Crippen molar-refractivity contribution in [3.63, 3.8) is 0 Å². The molecule has 4 aromatic rings. The van der Waals surface area contributed by atoms with Gasteiger partial charge in [0.15, 0.2) is 0 Å². The second-order valence-corrected chi connectivity index (χ2v) is 8.04. The van der Waals surface area contributed by atoms with Gasteiger partial charge >= 0.3 is 0 Å². The van der Waals surface area contributed by atoms with E-state index in [4.69, 9.17) is 0 Å². The summed E-state index contributed by atoms with van der Waals surface area (Å²) in [5.41, 5.74) is 0.477. The van der Waals surface area contributed by atoms with E-state index in [-0.39, 0.29) is 28.0 Å². The molecule has 0 aliphatic carbocycles. The maximum atomic E-state index is 14.4. The highest BCUT2D eigenvalue weighted by molar-refractivity contribution is 5.95. The number of benzene rings is 1. The van der Waals surface area contributed by atoms with Gasteiger partial charge in [0.2, 0.25) is 0 Å². The van der Waals surface area contributed by atoms with E-state index in [9.17, 15) is 13.6 Å². The van der Waals surface area contributed by atoms with Crippen molar-refractivity contribution in [2.75, 3.05) is 43.4 Å². The highest BCUT2D eigenvalue weighted by Crippen LogP contribution is 2.30. The predicted molar refractivity (Wildman–Crippen MR) is 125 cm³/mol. The molecule has 1 saturated heterocycles. The normalized spacial score (nSPS) is 14.6. The highest BCUT2D eigenvalue weighted by Gasteiger charge is 2.18. The average molecular weight is 448 g/mol. The van der Waals surface area contributed by atoms with Crippen LogP contribution in [0.3, 0.4) is 0 Å². The number of aromatic amines is 1. The Morgan fingerprint density at radius 2 is 1.79 bits per heavy atom. The van der Waals surface area contributed by atoms with Crippen molar-refractivity contribution in [2.24, 2.45) is 0 Å². The summed E-state index contributed by atoms with van der Waals surface area (Å²) in [7, 11) is 2.10. The SMILES string of the molecule is CN1CCN(c2ccc(Nc3nc(-c4c(F)cccc4F)cc4cc[nH]c(=O)c34)nc2)CC1. The molecule has 2 N–H and O–H groups in total. The third-order valence-corrected chi connectivity index (χ3v) is 5.84. The lowest BCUT2D eigenvalue weighted by Crippen LogP contribution is -2.44. The highest BCUT2D eigenvalue weighted by atomic mass is 19.1. The van der Waals surface area contributed by atoms with Gasteiger partial charge in [0.05, 0.1) is 28.5 Å². The van der Waals surface area contributed by atoms with Crippen molar-refractivity contribution in [2.45, 2.75) is 0 Å². The predicted octanol–water partition coefficient (Wildman–Crippen LogP) is 3.76. The number of hydrogen-bond donors (Lipinski definition) is 2. The number of aromatic nitrogens is 3. The van der Waals surface area contributed by atoms with Crippen LogP contribution in [-0.4, -0.2) is 53.1 Å². The average Bonchev–Trinajstić information content (AvgIpc) is 2.80. The van der Waals surface area contributed by atoms with Crippen LogP contribution >= 0.6 is 0 Å². The summed E-state index contributed by atoms with van der Waals surface area (Å²) in [4.78, 5) is 28.6. The molecular formula is C24H22F2N6O. The van der Waals surface area contributed by atoms with E-state index in [0.29, 0.717) is 11.2 Å². The first-order valence-electron chi connectivity index (χ1n) is 10.6. The van der Waals surface area contributed by atoms with E-state index in [1.54, 1.807) is 18.3 Å². The van der Waals surface area contributed by atoms with Crippen LogP contribution in [-0.2, 0) is 0 Å². The molecule has 5 rings (SSSR count). The molecule has 0 spiro atoms. The largest absolute Gasteiger partial charge is 0.368 e. The van der Waals surface area contributed by atoms with Crippen LogP contribution in [0.5, 0.6) is 0 Å². The van der Waals surface area contributed by atoms with Crippen molar-refractivity contribution >= 4 is 28.1 Å². The summed E-state index contributed by atoms with van der Waals surface area (Å²) in [5.74, 6) is -0.817. The van der Waals surface area contributed by atoms with Crippen LogP contribution < -0.4 is 15.8 Å². The van der Waals surface area contributed by atoms with Crippen LogP contribution in [0.1, 0.15) is 0 Å². The summed E-state index contributed by atoms with van der Waals surface area (Å²) < 4.78 is 28.9. The molecule has 1 aliphatic heterocycles. The van der Waals surface area contributed by atoms with Gasteiger partial charge in [0.1, 0.15) is 23.3 Å². The fourth-order valence-corrected chi connectivity index (χ4v) is 4.01. The number of rotatable bonds is 4. The van der Waals surface area contributed by atoms with Crippen molar-refractivity contribution in [3.8, 4) is 11.3 Å². The van der Waals surface area contributed by atoms with Crippen molar-refractivity contribution in [3.05, 3.63) is 76.8 Å². The molecule has 4 heterocycles. The molecule has 0 bridgehead atoms. The molecule has 168 valence electrons. The smallest absolute Gasteiger partial charge is 0.259 e. The van der Waals surface area contributed by atoms with Crippen molar-refractivity contribution in [1.29, 1.82) is 0 Å². The summed E-state index contributed by atoms with van der Waals surface area (Å²) in [5, 5.41) is 3.84. The van der Waals surface area contributed by atoms with Crippen LogP contribution in [0, 0.1) is 11.6 Å². The Hall–Kier alpha value is -3.85. The molecule has 1 fully saturated rings. The molecule has 0 saturated carbocycles. The first-order valence-corrected chi connectivity index (χ1v) is 10.6. The molecule has 7 nitrogen and oxygen atoms in total. The summed E-state index contributed by atoms with van der Waals surface area (Å²) in [6.07, 6.45) is 3.25. The molecule has 0 unspecified atom stereocenters. The lowest BCUT2D eigenvalue weighted by Gasteiger charge is -2.33. The lowest BCUT2D eigenvalue weighted by atomic mass is 10.1. The number of anilines is 3. The number of piperazine rings is 1. The molecule has 33 heavy (non-hydrogen) atoms. The van der Waals surface area contributed by atoms with Gasteiger partial charge in [-0.3, -0.25) is 4.79 Å². The minimum absolute atomic E-state index is 0.0836. The minimum atomic E-state index is -0.729. The van der Waals surface area contributed by atoms with E-state index < -0.39 is 11.6 Å². The van der Waals surface area contributed by atoms with Crippen molar-refractivity contribution < 1.29 is 8.78 Å². The third kappa shape index (κ3) is 4.14. The maximum absolute atomic E-state index is 14.4. The molecule has 0 atom stereocenters. The van der Waals surface area contributed by atoms with E-state index >= 15 is 0 Å². The molecule has 9 heteroatoms. The molecule has 0 amide bonds. The number of H-pyrrole nitrogens is 1. The number of fused-ring (bicyclic) bond motifs is 1. The second-order valence-electron chi connectivity index (χ2n) is 8.04. The Morgan fingerprint density at radius 3 is 2.48 bits per heavy atom. The summed E-state index contributed by atoms with van der Waals surface area (Å²) >= 11 is 0. The van der Waals surface area contributed by atoms with E-state index in [2.05, 4.69) is 37.1 Å². The summed E-state index contributed by atoms with van der Waals surface area (Å²) in [6, 6.07) is 10.6. The molecule has 1 aromatic carbocycles. The van der Waals surface area contributed by atoms with E-state index in [0.717, 1.165) is 31.9 Å². The molecule has 3 aromatic heterocycles. The Bertz CT molecular complexity index is 1340. The number of nitrogens with one attached hydrogen (secondary N) is 2. The standard InChI is InChI=1S/C24H22F2N6O/c1-31-9-11-32(12-10-31)16-5-6-20(28-14-16)30-23-21-15(7-8-27-24(21)33)13-19(29-23)22-17(25)3-2-4-18(22)26/h2-8,13-14H,9-12H2,1H3,(H,27,33)(H,28,29,30). The molecule has 1 aliphatic rings. The van der Waals surface area contributed by atoms with Gasteiger partial charge in [0.25, 0.3) is 5.56 Å². The molecule has 0 radical (unpaired) electrons. The molecular weight excluding hydrogens is 426 g/mol. The third-order valence-electron chi connectivity index (χ3n) is 5.84. The van der Waals surface area contributed by atoms with Crippen LogP contribution in [0.4, 0.5) is 26.1 Å². The number of pyridine rings is 3. The fraction of sp³-hybridized carbons (Fsp3) is 0.208. The monoisotopic (exact) mass is 448 g/mol. The minimum Gasteiger partial charge on any atom is -0.368 e. The van der Waals surface area contributed by atoms with Crippen LogP contribution in [0.2, 0.25) is 0 Å². The van der Waals surface area contributed by atoms with Gasteiger partial charge in [-0.05, 0) is 48.8 Å². The van der Waals surface area contributed by atoms with E-state index in [1.807, 2.05) is 6.07 Å². The fourth-order valence-electron chi connectivity index (χ4n) is 4.01. The van der Waals surface area contributed by atoms with Gasteiger partial charge in [-0.15, -0.1) is 0 Å². The Balaban J connectivity index is 1.53. The topological polar surface area (TPSA) is 77.1 Å². The maximum Gasteiger partial charge on any atom is 0.259 e. The number of hydrogen-bond acceptors (Lipinski definition) is 6. The van der Waals surface area contributed by atoms with E-state index in [1.165, 1.54) is 30.5 Å². The Labute approximate surface area is 188 Å². The number of likely N-dealkylation sites (N-methyl/N-ethyl adjacent to an activating group) is 1. The summed E-state index contributed by atoms with van der Waals surface area (Å²) in [6.45, 7) is 3.81. The Morgan fingerprint density at radius 1 is 1.03 bits per heavy atom.